The second kappa shape index (κ2) is 5.66. The minimum Gasteiger partial charge on any atom is -0.487 e. The van der Waals surface area contributed by atoms with Crippen LogP contribution in [0.5, 0.6) is 5.75 Å². The van der Waals surface area contributed by atoms with Gasteiger partial charge in [-0.1, -0.05) is 0 Å². The average Bonchev–Trinajstić information content (AvgIpc) is 2.53. The molecule has 0 saturated carbocycles. The molecule has 0 radical (unpaired) electrons. The lowest BCUT2D eigenvalue weighted by Gasteiger charge is -2.10. The SMILES string of the molecule is Cc1nc(C=O)ccc1OCc1ccnc2cccnc12. The first-order valence-electron chi connectivity index (χ1n) is 6.52. The molecule has 0 aliphatic rings. The molecule has 0 aromatic carbocycles. The van der Waals surface area contributed by atoms with Crippen LogP contribution in [-0.2, 0) is 6.61 Å². The second-order valence-corrected chi connectivity index (χ2v) is 4.57. The number of fused-ring (bicyclic) bond motifs is 1. The smallest absolute Gasteiger partial charge is 0.168 e. The Balaban J connectivity index is 1.85. The van der Waals surface area contributed by atoms with Crippen LogP contribution in [0.4, 0.5) is 0 Å². The van der Waals surface area contributed by atoms with Crippen molar-refractivity contribution < 1.29 is 9.53 Å². The van der Waals surface area contributed by atoms with Crippen LogP contribution in [0.25, 0.3) is 11.0 Å². The summed E-state index contributed by atoms with van der Waals surface area (Å²) in [4.78, 5) is 23.4. The van der Waals surface area contributed by atoms with Crippen LogP contribution in [0.3, 0.4) is 0 Å². The summed E-state index contributed by atoms with van der Waals surface area (Å²) in [6.07, 6.45) is 4.19. The molecule has 5 heteroatoms. The third-order valence-electron chi connectivity index (χ3n) is 3.14. The predicted molar refractivity (Wildman–Crippen MR) is 78.2 cm³/mol. The summed E-state index contributed by atoms with van der Waals surface area (Å²) in [5, 5.41) is 0. The van der Waals surface area contributed by atoms with E-state index < -0.39 is 0 Å². The maximum absolute atomic E-state index is 10.7. The Labute approximate surface area is 121 Å². The fourth-order valence-corrected chi connectivity index (χ4v) is 2.09. The van der Waals surface area contributed by atoms with Crippen molar-refractivity contribution in [2.75, 3.05) is 0 Å². The van der Waals surface area contributed by atoms with Gasteiger partial charge in [0.1, 0.15) is 18.1 Å². The first-order chi connectivity index (χ1) is 10.3. The molecule has 0 saturated heterocycles. The zero-order chi connectivity index (χ0) is 14.7. The van der Waals surface area contributed by atoms with E-state index in [0.29, 0.717) is 23.7 Å². The maximum atomic E-state index is 10.7. The Morgan fingerprint density at radius 1 is 1.14 bits per heavy atom. The summed E-state index contributed by atoms with van der Waals surface area (Å²) in [6.45, 7) is 2.18. The van der Waals surface area contributed by atoms with Crippen molar-refractivity contribution in [3.8, 4) is 5.75 Å². The first kappa shape index (κ1) is 13.2. The van der Waals surface area contributed by atoms with Crippen molar-refractivity contribution in [1.29, 1.82) is 0 Å². The number of aryl methyl sites for hydroxylation is 1. The average molecular weight is 279 g/mol. The lowest BCUT2D eigenvalue weighted by atomic mass is 10.2. The fraction of sp³-hybridized carbons (Fsp3) is 0.125. The summed E-state index contributed by atoms with van der Waals surface area (Å²) in [6, 6.07) is 9.04. The van der Waals surface area contributed by atoms with Gasteiger partial charge in [0.15, 0.2) is 6.29 Å². The number of hydrogen-bond donors (Lipinski definition) is 0. The maximum Gasteiger partial charge on any atom is 0.168 e. The van der Waals surface area contributed by atoms with Gasteiger partial charge in [-0.05, 0) is 37.3 Å². The van der Waals surface area contributed by atoms with Gasteiger partial charge in [0.25, 0.3) is 0 Å². The number of ether oxygens (including phenoxy) is 1. The largest absolute Gasteiger partial charge is 0.487 e. The van der Waals surface area contributed by atoms with Gasteiger partial charge in [0.2, 0.25) is 0 Å². The van der Waals surface area contributed by atoms with E-state index in [1.54, 1.807) is 24.5 Å². The highest BCUT2D eigenvalue weighted by Gasteiger charge is 2.06. The number of hydrogen-bond acceptors (Lipinski definition) is 5. The number of aldehydes is 1. The molecule has 0 unspecified atom stereocenters. The molecule has 0 bridgehead atoms. The number of nitrogens with zero attached hydrogens (tertiary/aromatic N) is 3. The lowest BCUT2D eigenvalue weighted by molar-refractivity contribution is 0.111. The molecule has 0 spiro atoms. The Bertz CT molecular complexity index is 797. The molecular weight excluding hydrogens is 266 g/mol. The van der Waals surface area contributed by atoms with Gasteiger partial charge in [-0.2, -0.15) is 0 Å². The van der Waals surface area contributed by atoms with E-state index in [2.05, 4.69) is 15.0 Å². The van der Waals surface area contributed by atoms with E-state index in [4.69, 9.17) is 4.74 Å². The van der Waals surface area contributed by atoms with Crippen molar-refractivity contribution in [2.45, 2.75) is 13.5 Å². The highest BCUT2D eigenvalue weighted by Crippen LogP contribution is 2.19. The molecule has 3 aromatic heterocycles. The molecule has 21 heavy (non-hydrogen) atoms. The topological polar surface area (TPSA) is 65.0 Å². The monoisotopic (exact) mass is 279 g/mol. The van der Waals surface area contributed by atoms with Gasteiger partial charge >= 0.3 is 0 Å². The van der Waals surface area contributed by atoms with Crippen LogP contribution in [0.1, 0.15) is 21.7 Å². The van der Waals surface area contributed by atoms with Crippen molar-refractivity contribution in [3.05, 3.63) is 59.7 Å². The van der Waals surface area contributed by atoms with Crippen LogP contribution in [0.2, 0.25) is 0 Å². The molecule has 0 aliphatic heterocycles. The van der Waals surface area contributed by atoms with Crippen LogP contribution in [0.15, 0.2) is 42.7 Å². The minimum absolute atomic E-state index is 0.374. The minimum atomic E-state index is 0.374. The molecule has 3 rings (SSSR count). The molecule has 104 valence electrons. The van der Waals surface area contributed by atoms with Crippen molar-refractivity contribution in [1.82, 2.24) is 15.0 Å². The second-order valence-electron chi connectivity index (χ2n) is 4.57. The zero-order valence-electron chi connectivity index (χ0n) is 11.5. The first-order valence-corrected chi connectivity index (χ1v) is 6.52. The van der Waals surface area contributed by atoms with Crippen molar-refractivity contribution in [2.24, 2.45) is 0 Å². The molecule has 5 nitrogen and oxygen atoms in total. The summed E-state index contributed by atoms with van der Waals surface area (Å²) >= 11 is 0. The van der Waals surface area contributed by atoms with Crippen molar-refractivity contribution >= 4 is 17.3 Å². The fourth-order valence-electron chi connectivity index (χ4n) is 2.09. The predicted octanol–water partition coefficient (Wildman–Crippen LogP) is 2.72. The highest BCUT2D eigenvalue weighted by molar-refractivity contribution is 5.77. The zero-order valence-corrected chi connectivity index (χ0v) is 11.5. The Kier molecular flexibility index (Phi) is 3.55. The van der Waals surface area contributed by atoms with E-state index in [-0.39, 0.29) is 0 Å². The highest BCUT2D eigenvalue weighted by atomic mass is 16.5. The van der Waals surface area contributed by atoms with E-state index in [9.17, 15) is 4.79 Å². The molecular formula is C16H13N3O2. The number of rotatable bonds is 4. The number of pyridine rings is 3. The van der Waals surface area contributed by atoms with Gasteiger partial charge < -0.3 is 4.74 Å². The van der Waals surface area contributed by atoms with E-state index in [1.807, 2.05) is 25.1 Å². The lowest BCUT2D eigenvalue weighted by Crippen LogP contribution is -2.01. The molecule has 0 N–H and O–H groups in total. The molecule has 3 heterocycles. The quantitative estimate of drug-likeness (QED) is 0.687. The summed E-state index contributed by atoms with van der Waals surface area (Å²) in [7, 11) is 0. The third-order valence-corrected chi connectivity index (χ3v) is 3.14. The normalized spacial score (nSPS) is 10.5. The molecule has 0 fully saturated rings. The standard InChI is InChI=1S/C16H13N3O2/c1-11-15(5-4-13(9-20)19-11)21-10-12-6-8-17-14-3-2-7-18-16(12)14/h2-9H,10H2,1H3. The van der Waals surface area contributed by atoms with E-state index >= 15 is 0 Å². The molecule has 0 aliphatic carbocycles. The summed E-state index contributed by atoms with van der Waals surface area (Å²) in [5.74, 6) is 0.654. The Hall–Kier alpha value is -2.82. The van der Waals surface area contributed by atoms with Gasteiger partial charge in [-0.3, -0.25) is 14.8 Å². The Morgan fingerprint density at radius 3 is 2.86 bits per heavy atom. The summed E-state index contributed by atoms with van der Waals surface area (Å²) in [5.41, 5.74) is 3.71. The molecule has 0 atom stereocenters. The molecule has 3 aromatic rings. The third kappa shape index (κ3) is 2.72. The number of carbonyl (C=O) groups is 1. The van der Waals surface area contributed by atoms with Gasteiger partial charge in [0.05, 0.1) is 16.7 Å². The van der Waals surface area contributed by atoms with Crippen LogP contribution in [0, 0.1) is 6.92 Å². The van der Waals surface area contributed by atoms with Crippen LogP contribution < -0.4 is 4.74 Å². The van der Waals surface area contributed by atoms with E-state index in [1.165, 1.54) is 0 Å². The summed E-state index contributed by atoms with van der Waals surface area (Å²) < 4.78 is 5.78. The Morgan fingerprint density at radius 2 is 2.05 bits per heavy atom. The van der Waals surface area contributed by atoms with Gasteiger partial charge in [0, 0.05) is 18.0 Å². The van der Waals surface area contributed by atoms with Gasteiger partial charge in [-0.15, -0.1) is 0 Å². The van der Waals surface area contributed by atoms with Gasteiger partial charge in [-0.25, -0.2) is 4.98 Å². The van der Waals surface area contributed by atoms with Crippen LogP contribution in [-0.4, -0.2) is 21.2 Å². The van der Waals surface area contributed by atoms with Crippen molar-refractivity contribution in [3.63, 3.8) is 0 Å². The van der Waals surface area contributed by atoms with E-state index in [0.717, 1.165) is 22.9 Å². The molecule has 0 amide bonds. The number of carbonyl (C=O) groups excluding carboxylic acids is 1. The number of aromatic nitrogens is 3. The van der Waals surface area contributed by atoms with Crippen LogP contribution >= 0.6 is 0 Å².